The Labute approximate surface area is 172 Å². The van der Waals surface area contributed by atoms with Crippen molar-refractivity contribution in [3.05, 3.63) is 89.4 Å². The van der Waals surface area contributed by atoms with Crippen molar-refractivity contribution in [3.8, 4) is 5.75 Å². The lowest BCUT2D eigenvalue weighted by Crippen LogP contribution is -2.29. The van der Waals surface area contributed by atoms with E-state index in [0.717, 1.165) is 5.56 Å². The van der Waals surface area contributed by atoms with Gasteiger partial charge in [0.1, 0.15) is 11.3 Å². The quantitative estimate of drug-likeness (QED) is 0.547. The van der Waals surface area contributed by atoms with Gasteiger partial charge < -0.3 is 10.2 Å². The molecule has 1 aliphatic rings. The fourth-order valence-corrected chi connectivity index (χ4v) is 3.55. The van der Waals surface area contributed by atoms with E-state index in [1.165, 1.54) is 34.9 Å². The highest BCUT2D eigenvalue weighted by Crippen LogP contribution is 2.34. The Hall–Kier alpha value is -3.58. The molecule has 0 bridgehead atoms. The molecule has 2 aromatic rings. The van der Waals surface area contributed by atoms with Crippen LogP contribution in [0.2, 0.25) is 0 Å². The second-order valence-corrected chi connectivity index (χ2v) is 7.02. The maximum Gasteiger partial charge on any atom is 0.339 e. The summed E-state index contributed by atoms with van der Waals surface area (Å²) >= 11 is 1.20. The number of phenols is 1. The molecule has 0 atom stereocenters. The molecular weight excluding hydrogens is 388 g/mol. The zero-order valence-electron chi connectivity index (χ0n) is 15.4. The number of thioether (sulfide) groups is 1. The van der Waals surface area contributed by atoms with Gasteiger partial charge in [0, 0.05) is 12.6 Å². The van der Waals surface area contributed by atoms with E-state index in [1.807, 2.05) is 36.4 Å². The number of aromatic hydroxyl groups is 1. The number of amides is 1. The number of benzene rings is 2. The van der Waals surface area contributed by atoms with Crippen molar-refractivity contribution in [2.75, 3.05) is 6.54 Å². The van der Waals surface area contributed by atoms with Gasteiger partial charge in [0.25, 0.3) is 5.91 Å². The molecule has 1 aliphatic heterocycles. The van der Waals surface area contributed by atoms with Gasteiger partial charge in [-0.25, -0.2) is 9.79 Å². The standard InChI is InChI=1S/C22H18N2O4S/c1-2-13-24-20(26)19(10-6-9-15-7-4-3-5-8-15)29-22(24)23-16-11-12-17(21(27)28)18(25)14-16/h2-12,14,25H,1,13H2,(H,27,28)/b9-6+,19-10-,23-22?. The Morgan fingerprint density at radius 3 is 2.62 bits per heavy atom. The summed E-state index contributed by atoms with van der Waals surface area (Å²) in [5.41, 5.74) is 1.15. The molecule has 1 amide bonds. The Morgan fingerprint density at radius 1 is 1.21 bits per heavy atom. The number of aliphatic imine (C=N–C) groups is 1. The SMILES string of the molecule is C=CCN1C(=O)/C(=C/C=C/c2ccccc2)SC1=Nc1ccc(C(=O)O)c(O)c1. The highest BCUT2D eigenvalue weighted by molar-refractivity contribution is 8.18. The van der Waals surface area contributed by atoms with Crippen LogP contribution in [0.3, 0.4) is 0 Å². The van der Waals surface area contributed by atoms with Crippen molar-refractivity contribution >= 4 is 40.6 Å². The van der Waals surface area contributed by atoms with Crippen molar-refractivity contribution in [3.63, 3.8) is 0 Å². The van der Waals surface area contributed by atoms with Crippen LogP contribution >= 0.6 is 11.8 Å². The predicted molar refractivity (Wildman–Crippen MR) is 115 cm³/mol. The molecule has 0 aliphatic carbocycles. The van der Waals surface area contributed by atoms with Gasteiger partial charge in [-0.3, -0.25) is 9.69 Å². The molecule has 146 valence electrons. The second-order valence-electron chi connectivity index (χ2n) is 6.01. The third-order valence-corrected chi connectivity index (χ3v) is 5.00. The Morgan fingerprint density at radius 2 is 1.97 bits per heavy atom. The number of amidine groups is 1. The Bertz CT molecular complexity index is 1040. The summed E-state index contributed by atoms with van der Waals surface area (Å²) in [5.74, 6) is -1.81. The van der Waals surface area contributed by atoms with Crippen LogP contribution in [-0.4, -0.2) is 38.7 Å². The van der Waals surface area contributed by atoms with Gasteiger partial charge in [-0.15, -0.1) is 6.58 Å². The predicted octanol–water partition coefficient (Wildman–Crippen LogP) is 4.44. The minimum Gasteiger partial charge on any atom is -0.507 e. The van der Waals surface area contributed by atoms with Gasteiger partial charge in [0.05, 0.1) is 10.6 Å². The summed E-state index contributed by atoms with van der Waals surface area (Å²) in [7, 11) is 0. The van der Waals surface area contributed by atoms with Crippen LogP contribution in [0.5, 0.6) is 5.75 Å². The van der Waals surface area contributed by atoms with Crippen molar-refractivity contribution in [1.82, 2.24) is 4.90 Å². The highest BCUT2D eigenvalue weighted by Gasteiger charge is 2.32. The summed E-state index contributed by atoms with van der Waals surface area (Å²) in [6.45, 7) is 3.96. The van der Waals surface area contributed by atoms with Gasteiger partial charge in [-0.2, -0.15) is 0 Å². The van der Waals surface area contributed by atoms with Crippen molar-refractivity contribution < 1.29 is 19.8 Å². The zero-order chi connectivity index (χ0) is 20.8. The highest BCUT2D eigenvalue weighted by atomic mass is 32.2. The van der Waals surface area contributed by atoms with Crippen molar-refractivity contribution in [2.45, 2.75) is 0 Å². The molecule has 0 aromatic heterocycles. The van der Waals surface area contributed by atoms with Crippen LogP contribution in [0.25, 0.3) is 6.08 Å². The molecule has 1 heterocycles. The molecule has 1 saturated heterocycles. The van der Waals surface area contributed by atoms with E-state index in [2.05, 4.69) is 11.6 Å². The van der Waals surface area contributed by atoms with Gasteiger partial charge in [-0.05, 0) is 35.5 Å². The summed E-state index contributed by atoms with van der Waals surface area (Å²) < 4.78 is 0. The Balaban J connectivity index is 1.87. The molecule has 2 N–H and O–H groups in total. The smallest absolute Gasteiger partial charge is 0.339 e. The first-order chi connectivity index (χ1) is 14.0. The van der Waals surface area contributed by atoms with E-state index in [-0.39, 0.29) is 23.8 Å². The zero-order valence-corrected chi connectivity index (χ0v) is 16.2. The van der Waals surface area contributed by atoms with Crippen LogP contribution in [0.4, 0.5) is 5.69 Å². The normalized spacial score (nSPS) is 16.8. The third-order valence-electron chi connectivity index (χ3n) is 3.97. The average molecular weight is 406 g/mol. The molecule has 6 nitrogen and oxygen atoms in total. The van der Waals surface area contributed by atoms with Crippen LogP contribution in [0, 0.1) is 0 Å². The van der Waals surface area contributed by atoms with Crippen LogP contribution in [0.1, 0.15) is 15.9 Å². The summed E-state index contributed by atoms with van der Waals surface area (Å²) in [6, 6.07) is 13.7. The second kappa shape index (κ2) is 9.07. The molecule has 3 rings (SSSR count). The summed E-state index contributed by atoms with van der Waals surface area (Å²) in [4.78, 5) is 30.1. The van der Waals surface area contributed by atoms with Crippen molar-refractivity contribution in [1.29, 1.82) is 0 Å². The Kier molecular flexibility index (Phi) is 6.31. The molecule has 0 spiro atoms. The van der Waals surface area contributed by atoms with E-state index in [1.54, 1.807) is 18.2 Å². The minimum atomic E-state index is -1.23. The van der Waals surface area contributed by atoms with E-state index in [4.69, 9.17) is 5.11 Å². The first kappa shape index (κ1) is 20.2. The summed E-state index contributed by atoms with van der Waals surface area (Å²) in [6.07, 6.45) is 7.03. The number of hydrogen-bond acceptors (Lipinski definition) is 5. The first-order valence-electron chi connectivity index (χ1n) is 8.68. The first-order valence-corrected chi connectivity index (χ1v) is 9.50. The van der Waals surface area contributed by atoms with E-state index in [0.29, 0.717) is 15.8 Å². The van der Waals surface area contributed by atoms with E-state index in [9.17, 15) is 14.7 Å². The van der Waals surface area contributed by atoms with Gasteiger partial charge >= 0.3 is 5.97 Å². The maximum atomic E-state index is 12.7. The van der Waals surface area contributed by atoms with E-state index >= 15 is 0 Å². The number of carbonyl (C=O) groups excluding carboxylic acids is 1. The fourth-order valence-electron chi connectivity index (χ4n) is 2.59. The number of rotatable bonds is 6. The van der Waals surface area contributed by atoms with Gasteiger partial charge in [0.2, 0.25) is 0 Å². The number of carbonyl (C=O) groups is 2. The number of carboxylic acids is 1. The topological polar surface area (TPSA) is 90.2 Å². The molecule has 1 fully saturated rings. The van der Waals surface area contributed by atoms with E-state index < -0.39 is 5.97 Å². The largest absolute Gasteiger partial charge is 0.507 e. The number of allylic oxidation sites excluding steroid dienone is 2. The van der Waals surface area contributed by atoms with Crippen LogP contribution < -0.4 is 0 Å². The average Bonchev–Trinajstić information content (AvgIpc) is 2.98. The molecular formula is C22H18N2O4S. The number of nitrogens with zero attached hydrogens (tertiary/aromatic N) is 2. The molecule has 7 heteroatoms. The molecule has 0 unspecified atom stereocenters. The molecule has 2 aromatic carbocycles. The maximum absolute atomic E-state index is 12.7. The number of hydrogen-bond donors (Lipinski definition) is 2. The third kappa shape index (κ3) is 4.83. The van der Waals surface area contributed by atoms with Crippen LogP contribution in [0.15, 0.2) is 83.2 Å². The van der Waals surface area contributed by atoms with Crippen molar-refractivity contribution in [2.24, 2.45) is 4.99 Å². The number of carboxylic acid groups (broad SMARTS) is 1. The number of aromatic carboxylic acids is 1. The monoisotopic (exact) mass is 406 g/mol. The fraction of sp³-hybridized carbons (Fsp3) is 0.0455. The lowest BCUT2D eigenvalue weighted by molar-refractivity contribution is -0.121. The molecule has 0 saturated carbocycles. The minimum absolute atomic E-state index is 0.197. The molecule has 29 heavy (non-hydrogen) atoms. The van der Waals surface area contributed by atoms with Gasteiger partial charge in [0.15, 0.2) is 5.17 Å². The lowest BCUT2D eigenvalue weighted by Gasteiger charge is -2.12. The summed E-state index contributed by atoms with van der Waals surface area (Å²) in [5, 5.41) is 19.3. The van der Waals surface area contributed by atoms with Gasteiger partial charge in [-0.1, -0.05) is 48.6 Å². The molecule has 0 radical (unpaired) electrons. The van der Waals surface area contributed by atoms with Crippen LogP contribution in [-0.2, 0) is 4.79 Å². The lowest BCUT2D eigenvalue weighted by atomic mass is 10.2.